The first-order chi connectivity index (χ1) is 12.6. The number of amides is 1. The van der Waals surface area contributed by atoms with Crippen LogP contribution in [0, 0.1) is 11.6 Å². The zero-order chi connectivity index (χ0) is 18.5. The van der Waals surface area contributed by atoms with Crippen molar-refractivity contribution >= 4 is 17.7 Å². The molecule has 1 aliphatic rings. The molecule has 4 nitrogen and oxygen atoms in total. The van der Waals surface area contributed by atoms with Gasteiger partial charge in [-0.1, -0.05) is 18.2 Å². The van der Waals surface area contributed by atoms with Gasteiger partial charge < -0.3 is 15.0 Å². The van der Waals surface area contributed by atoms with Gasteiger partial charge >= 0.3 is 0 Å². The van der Waals surface area contributed by atoms with Crippen LogP contribution in [0.5, 0.6) is 5.75 Å². The van der Waals surface area contributed by atoms with E-state index in [-0.39, 0.29) is 17.7 Å². The SMILES string of the molecule is COc1ccccc1C1CNCCN1C(=O)CSc1ccc(F)c(F)c1. The number of thioether (sulfide) groups is 1. The molecule has 0 radical (unpaired) electrons. The van der Waals surface area contributed by atoms with Crippen LogP contribution in [0.25, 0.3) is 0 Å². The van der Waals surface area contributed by atoms with Crippen LogP contribution >= 0.6 is 11.8 Å². The van der Waals surface area contributed by atoms with E-state index in [0.717, 1.165) is 23.4 Å². The Kier molecular flexibility index (Phi) is 6.11. The standard InChI is InChI=1S/C19H20F2N2O2S/c1-25-18-5-3-2-4-14(18)17-11-22-8-9-23(17)19(24)12-26-13-6-7-15(20)16(21)10-13/h2-7,10,17,22H,8-9,11-12H2,1H3. The Morgan fingerprint density at radius 2 is 2.08 bits per heavy atom. The molecule has 3 rings (SSSR count). The predicted molar refractivity (Wildman–Crippen MR) is 97.4 cm³/mol. The lowest BCUT2D eigenvalue weighted by molar-refractivity contribution is -0.131. The van der Waals surface area contributed by atoms with Crippen molar-refractivity contribution in [2.24, 2.45) is 0 Å². The minimum Gasteiger partial charge on any atom is -0.496 e. The molecule has 26 heavy (non-hydrogen) atoms. The van der Waals surface area contributed by atoms with E-state index in [1.54, 1.807) is 7.11 Å². The zero-order valence-electron chi connectivity index (χ0n) is 14.4. The number of hydrogen-bond donors (Lipinski definition) is 1. The number of carbonyl (C=O) groups excluding carboxylic acids is 1. The van der Waals surface area contributed by atoms with Crippen LogP contribution in [0.3, 0.4) is 0 Å². The monoisotopic (exact) mass is 378 g/mol. The summed E-state index contributed by atoms with van der Waals surface area (Å²) in [5.74, 6) is -0.934. The summed E-state index contributed by atoms with van der Waals surface area (Å²) in [6, 6.07) is 11.2. The van der Waals surface area contributed by atoms with Crippen molar-refractivity contribution in [3.05, 3.63) is 59.7 Å². The van der Waals surface area contributed by atoms with E-state index in [4.69, 9.17) is 4.74 Å². The Hall–Kier alpha value is -2.12. The summed E-state index contributed by atoms with van der Waals surface area (Å²) in [5.41, 5.74) is 0.952. The number of hydrogen-bond acceptors (Lipinski definition) is 4. The highest BCUT2D eigenvalue weighted by Gasteiger charge is 2.29. The number of benzene rings is 2. The van der Waals surface area contributed by atoms with Gasteiger partial charge in [-0.25, -0.2) is 8.78 Å². The summed E-state index contributed by atoms with van der Waals surface area (Å²) in [5, 5.41) is 3.31. The average molecular weight is 378 g/mol. The summed E-state index contributed by atoms with van der Waals surface area (Å²) >= 11 is 1.20. The van der Waals surface area contributed by atoms with Crippen molar-refractivity contribution in [3.63, 3.8) is 0 Å². The van der Waals surface area contributed by atoms with Gasteiger partial charge in [0.25, 0.3) is 0 Å². The molecular weight excluding hydrogens is 358 g/mol. The van der Waals surface area contributed by atoms with Crippen LogP contribution in [-0.4, -0.2) is 43.3 Å². The fourth-order valence-electron chi connectivity index (χ4n) is 3.02. The van der Waals surface area contributed by atoms with Gasteiger partial charge in [0.1, 0.15) is 5.75 Å². The largest absolute Gasteiger partial charge is 0.496 e. The number of halogens is 2. The van der Waals surface area contributed by atoms with Gasteiger partial charge in [0, 0.05) is 30.1 Å². The molecule has 2 aromatic carbocycles. The summed E-state index contributed by atoms with van der Waals surface area (Å²) in [4.78, 5) is 15.1. The molecule has 1 fully saturated rings. The van der Waals surface area contributed by atoms with E-state index in [0.29, 0.717) is 24.5 Å². The number of nitrogens with zero attached hydrogens (tertiary/aromatic N) is 1. The lowest BCUT2D eigenvalue weighted by atomic mass is 10.0. The molecule has 0 aromatic heterocycles. The van der Waals surface area contributed by atoms with Crippen LogP contribution in [0.15, 0.2) is 47.4 Å². The molecule has 0 spiro atoms. The highest BCUT2D eigenvalue weighted by atomic mass is 32.2. The molecule has 1 heterocycles. The smallest absolute Gasteiger partial charge is 0.233 e. The van der Waals surface area contributed by atoms with Gasteiger partial charge in [0.05, 0.1) is 18.9 Å². The third-order valence-corrected chi connectivity index (χ3v) is 5.29. The third-order valence-electron chi connectivity index (χ3n) is 4.32. The average Bonchev–Trinajstić information content (AvgIpc) is 2.68. The third kappa shape index (κ3) is 4.16. The molecule has 0 aliphatic carbocycles. The molecule has 0 bridgehead atoms. The second kappa shape index (κ2) is 8.51. The Morgan fingerprint density at radius 3 is 2.85 bits per heavy atom. The van der Waals surface area contributed by atoms with E-state index in [1.165, 1.54) is 17.8 Å². The molecule has 7 heteroatoms. The van der Waals surface area contributed by atoms with Crippen LogP contribution < -0.4 is 10.1 Å². The van der Waals surface area contributed by atoms with Crippen molar-refractivity contribution in [2.45, 2.75) is 10.9 Å². The Bertz CT molecular complexity index is 788. The molecule has 2 aromatic rings. The second-order valence-corrected chi connectivity index (χ2v) is 6.96. The highest BCUT2D eigenvalue weighted by molar-refractivity contribution is 8.00. The number of rotatable bonds is 5. The van der Waals surface area contributed by atoms with Crippen LogP contribution in [0.4, 0.5) is 8.78 Å². The molecule has 1 unspecified atom stereocenters. The second-order valence-electron chi connectivity index (χ2n) is 5.91. The minimum absolute atomic E-state index is 0.0443. The summed E-state index contributed by atoms with van der Waals surface area (Å²) in [6.45, 7) is 1.94. The minimum atomic E-state index is -0.906. The Balaban J connectivity index is 1.72. The van der Waals surface area contributed by atoms with Crippen molar-refractivity contribution in [1.29, 1.82) is 0 Å². The van der Waals surface area contributed by atoms with Gasteiger partial charge in [-0.15, -0.1) is 11.8 Å². The topological polar surface area (TPSA) is 41.6 Å². The van der Waals surface area contributed by atoms with Gasteiger partial charge in [-0.2, -0.15) is 0 Å². The van der Waals surface area contributed by atoms with E-state index in [1.807, 2.05) is 29.2 Å². The van der Waals surface area contributed by atoms with Gasteiger partial charge in [-0.3, -0.25) is 4.79 Å². The van der Waals surface area contributed by atoms with E-state index in [9.17, 15) is 13.6 Å². The van der Waals surface area contributed by atoms with Gasteiger partial charge in [-0.05, 0) is 24.3 Å². The number of ether oxygens (including phenoxy) is 1. The van der Waals surface area contributed by atoms with E-state index < -0.39 is 11.6 Å². The van der Waals surface area contributed by atoms with Crippen LogP contribution in [-0.2, 0) is 4.79 Å². The van der Waals surface area contributed by atoms with Crippen LogP contribution in [0.1, 0.15) is 11.6 Å². The fraction of sp³-hybridized carbons (Fsp3) is 0.316. The number of nitrogens with one attached hydrogen (secondary N) is 1. The molecule has 1 amide bonds. The zero-order valence-corrected chi connectivity index (χ0v) is 15.2. The highest BCUT2D eigenvalue weighted by Crippen LogP contribution is 2.31. The van der Waals surface area contributed by atoms with Crippen LogP contribution in [0.2, 0.25) is 0 Å². The summed E-state index contributed by atoms with van der Waals surface area (Å²) in [6.07, 6.45) is 0. The predicted octanol–water partition coefficient (Wildman–Crippen LogP) is 3.24. The molecule has 1 aliphatic heterocycles. The Morgan fingerprint density at radius 1 is 1.27 bits per heavy atom. The van der Waals surface area contributed by atoms with Gasteiger partial charge in [0.15, 0.2) is 11.6 Å². The normalized spacial score (nSPS) is 17.2. The van der Waals surface area contributed by atoms with E-state index >= 15 is 0 Å². The van der Waals surface area contributed by atoms with Crippen molar-refractivity contribution in [2.75, 3.05) is 32.5 Å². The van der Waals surface area contributed by atoms with Crippen molar-refractivity contribution < 1.29 is 18.3 Å². The Labute approximate surface area is 155 Å². The molecular formula is C19H20F2N2O2S. The first-order valence-corrected chi connectivity index (χ1v) is 9.29. The van der Waals surface area contributed by atoms with Gasteiger partial charge in [0.2, 0.25) is 5.91 Å². The van der Waals surface area contributed by atoms with Crippen molar-refractivity contribution in [3.8, 4) is 5.75 Å². The lowest BCUT2D eigenvalue weighted by Crippen LogP contribution is -2.49. The number of methoxy groups -OCH3 is 1. The number of carbonyl (C=O) groups is 1. The quantitative estimate of drug-likeness (QED) is 0.811. The fourth-order valence-corrected chi connectivity index (χ4v) is 3.82. The first-order valence-electron chi connectivity index (χ1n) is 8.31. The molecule has 1 atom stereocenters. The molecule has 138 valence electrons. The summed E-state index contributed by atoms with van der Waals surface area (Å²) in [7, 11) is 1.61. The first kappa shape index (κ1) is 18.7. The maximum atomic E-state index is 13.3. The van der Waals surface area contributed by atoms with E-state index in [2.05, 4.69) is 5.32 Å². The number of piperazine rings is 1. The summed E-state index contributed by atoms with van der Waals surface area (Å²) < 4.78 is 31.8. The molecule has 0 saturated carbocycles. The van der Waals surface area contributed by atoms with Crippen molar-refractivity contribution in [1.82, 2.24) is 10.2 Å². The maximum absolute atomic E-state index is 13.3. The molecule has 1 saturated heterocycles. The maximum Gasteiger partial charge on any atom is 0.233 e. The molecule has 1 N–H and O–H groups in total. The lowest BCUT2D eigenvalue weighted by Gasteiger charge is -2.37. The number of para-hydroxylation sites is 1.